The summed E-state index contributed by atoms with van der Waals surface area (Å²) in [5.74, 6) is 0. The molecular formula is C18H28NO3. The van der Waals surface area contributed by atoms with Gasteiger partial charge < -0.3 is 0 Å². The molecule has 4 nitrogen and oxygen atoms in total. The molecule has 0 fully saturated rings. The molecule has 0 amide bonds. The van der Waals surface area contributed by atoms with Crippen molar-refractivity contribution in [3.8, 4) is 0 Å². The van der Waals surface area contributed by atoms with Crippen LogP contribution in [0.5, 0.6) is 0 Å². The van der Waals surface area contributed by atoms with Crippen molar-refractivity contribution in [3.63, 3.8) is 0 Å². The smallest absolute Gasteiger partial charge is 0.242 e. The highest BCUT2D eigenvalue weighted by Crippen LogP contribution is 2.10. The molecule has 22 heavy (non-hydrogen) atoms. The van der Waals surface area contributed by atoms with Crippen molar-refractivity contribution in [2.45, 2.75) is 71.1 Å². The molecule has 0 spiro atoms. The molecule has 0 saturated carbocycles. The first-order valence-corrected chi connectivity index (χ1v) is 8.20. The third kappa shape index (κ3) is 13.3. The molecule has 0 saturated heterocycles. The Morgan fingerprint density at radius 2 is 1.77 bits per heavy atom. The summed E-state index contributed by atoms with van der Waals surface area (Å²) in [6.07, 6.45) is 20.2. The maximum atomic E-state index is 10.9. The van der Waals surface area contributed by atoms with Gasteiger partial charge in [-0.15, -0.1) is 0 Å². The van der Waals surface area contributed by atoms with Crippen LogP contribution in [0.3, 0.4) is 0 Å². The van der Waals surface area contributed by atoms with Crippen LogP contribution in [0.4, 0.5) is 0 Å². The summed E-state index contributed by atoms with van der Waals surface area (Å²) in [4.78, 5) is 20.6. The summed E-state index contributed by atoms with van der Waals surface area (Å²) >= 11 is 0. The Hall–Kier alpha value is -1.71. The normalized spacial score (nSPS) is 12.3. The summed E-state index contributed by atoms with van der Waals surface area (Å²) < 4.78 is 0. The lowest BCUT2D eigenvalue weighted by atomic mass is 10.1. The molecule has 0 rings (SSSR count). The summed E-state index contributed by atoms with van der Waals surface area (Å²) in [5, 5.41) is 10.9. The zero-order chi connectivity index (χ0) is 16.5. The second kappa shape index (κ2) is 15.7. The summed E-state index contributed by atoms with van der Waals surface area (Å²) in [6.45, 7) is 2.19. The van der Waals surface area contributed by atoms with Gasteiger partial charge in [0.2, 0.25) is 5.70 Å². The molecule has 4 heteroatoms. The molecule has 0 aromatic heterocycles. The SMILES string of the molecule is CCCCC/C=C/C/C=C/C/C=C(/CCCC[C]=O)[N+](=O)[O-]. The molecular weight excluding hydrogens is 278 g/mol. The van der Waals surface area contributed by atoms with E-state index in [0.29, 0.717) is 32.1 Å². The van der Waals surface area contributed by atoms with E-state index < -0.39 is 0 Å². The zero-order valence-electron chi connectivity index (χ0n) is 13.6. The number of allylic oxidation sites excluding steroid dienone is 6. The topological polar surface area (TPSA) is 60.2 Å². The maximum Gasteiger partial charge on any atom is 0.242 e. The molecule has 0 aromatic rings. The van der Waals surface area contributed by atoms with E-state index in [-0.39, 0.29) is 10.6 Å². The van der Waals surface area contributed by atoms with Gasteiger partial charge >= 0.3 is 0 Å². The molecule has 0 aliphatic heterocycles. The molecule has 123 valence electrons. The van der Waals surface area contributed by atoms with E-state index >= 15 is 0 Å². The van der Waals surface area contributed by atoms with E-state index in [1.54, 1.807) is 12.4 Å². The Bertz CT molecular complexity index is 384. The Kier molecular flexibility index (Phi) is 14.5. The average molecular weight is 306 g/mol. The molecule has 0 aliphatic carbocycles. The minimum Gasteiger partial charge on any atom is -0.291 e. The second-order valence-electron chi connectivity index (χ2n) is 5.21. The van der Waals surface area contributed by atoms with E-state index in [4.69, 9.17) is 0 Å². The van der Waals surface area contributed by atoms with Crippen LogP contribution in [0.2, 0.25) is 0 Å². The van der Waals surface area contributed by atoms with Gasteiger partial charge in [0.25, 0.3) is 0 Å². The maximum absolute atomic E-state index is 10.9. The molecule has 1 radical (unpaired) electrons. The van der Waals surface area contributed by atoms with Gasteiger partial charge in [0.15, 0.2) is 6.29 Å². The van der Waals surface area contributed by atoms with Gasteiger partial charge in [-0.3, -0.25) is 14.9 Å². The van der Waals surface area contributed by atoms with Crippen LogP contribution in [0.15, 0.2) is 36.1 Å². The van der Waals surface area contributed by atoms with E-state index in [1.165, 1.54) is 19.3 Å². The van der Waals surface area contributed by atoms with Gasteiger partial charge in [-0.1, -0.05) is 44.1 Å². The van der Waals surface area contributed by atoms with Crippen molar-refractivity contribution >= 4 is 6.29 Å². The van der Waals surface area contributed by atoms with Gasteiger partial charge in [-0.25, -0.2) is 0 Å². The predicted octanol–water partition coefficient (Wildman–Crippen LogP) is 5.29. The van der Waals surface area contributed by atoms with Crippen molar-refractivity contribution in [2.75, 3.05) is 0 Å². The van der Waals surface area contributed by atoms with E-state index in [2.05, 4.69) is 19.1 Å². The number of nitrogens with zero attached hydrogens (tertiary/aromatic N) is 1. The van der Waals surface area contributed by atoms with Crippen molar-refractivity contribution < 1.29 is 9.72 Å². The van der Waals surface area contributed by atoms with Crippen LogP contribution in [0, 0.1) is 10.1 Å². The molecule has 0 unspecified atom stereocenters. The average Bonchev–Trinajstić information content (AvgIpc) is 2.50. The van der Waals surface area contributed by atoms with E-state index in [1.807, 2.05) is 12.2 Å². The highest BCUT2D eigenvalue weighted by atomic mass is 16.6. The highest BCUT2D eigenvalue weighted by Gasteiger charge is 2.08. The standard InChI is InChI=1S/C18H28NO3/c1-2-3-4-5-6-7-8-9-10-12-15-18(19(21)22)16-13-11-14-17-20/h6-7,9-10,15H,2-5,8,11-14,16H2,1H3/b7-6+,10-9+,18-15-. The number of hydrogen-bond donors (Lipinski definition) is 0. The summed E-state index contributed by atoms with van der Waals surface area (Å²) in [5.41, 5.74) is 0.241. The number of carbonyl (C=O) groups excluding carboxylic acids is 1. The van der Waals surface area contributed by atoms with Crippen LogP contribution in [0.1, 0.15) is 71.1 Å². The third-order valence-electron chi connectivity index (χ3n) is 3.27. The summed E-state index contributed by atoms with van der Waals surface area (Å²) in [6, 6.07) is 0. The third-order valence-corrected chi connectivity index (χ3v) is 3.27. The van der Waals surface area contributed by atoms with Crippen LogP contribution in [-0.2, 0) is 4.79 Å². The van der Waals surface area contributed by atoms with Crippen molar-refractivity contribution in [2.24, 2.45) is 0 Å². The number of unbranched alkanes of at least 4 members (excludes halogenated alkanes) is 5. The Morgan fingerprint density at radius 1 is 1.05 bits per heavy atom. The zero-order valence-corrected chi connectivity index (χ0v) is 13.6. The quantitative estimate of drug-likeness (QED) is 0.189. The van der Waals surface area contributed by atoms with E-state index in [0.717, 1.165) is 12.8 Å². The van der Waals surface area contributed by atoms with Crippen LogP contribution < -0.4 is 0 Å². The van der Waals surface area contributed by atoms with E-state index in [9.17, 15) is 14.9 Å². The second-order valence-corrected chi connectivity index (χ2v) is 5.21. The monoisotopic (exact) mass is 306 g/mol. The van der Waals surface area contributed by atoms with Crippen molar-refractivity contribution in [1.29, 1.82) is 0 Å². The number of nitro groups is 1. The minimum absolute atomic E-state index is 0.241. The van der Waals surface area contributed by atoms with Crippen LogP contribution >= 0.6 is 0 Å². The molecule has 0 aromatic carbocycles. The van der Waals surface area contributed by atoms with Crippen molar-refractivity contribution in [1.82, 2.24) is 0 Å². The van der Waals surface area contributed by atoms with Gasteiger partial charge in [-0.2, -0.15) is 0 Å². The lowest BCUT2D eigenvalue weighted by Crippen LogP contribution is -1.98. The fourth-order valence-electron chi connectivity index (χ4n) is 1.97. The first kappa shape index (κ1) is 20.3. The van der Waals surface area contributed by atoms with Gasteiger partial charge in [-0.05, 0) is 44.6 Å². The lowest BCUT2D eigenvalue weighted by molar-refractivity contribution is -0.428. The number of hydrogen-bond acceptors (Lipinski definition) is 3. The molecule has 0 bridgehead atoms. The lowest BCUT2D eigenvalue weighted by Gasteiger charge is -1.97. The molecule has 0 N–H and O–H groups in total. The molecule has 0 aliphatic rings. The number of rotatable bonds is 14. The van der Waals surface area contributed by atoms with Gasteiger partial charge in [0.05, 0.1) is 4.92 Å². The fraction of sp³-hybridized carbons (Fsp3) is 0.611. The predicted molar refractivity (Wildman–Crippen MR) is 90.9 cm³/mol. The summed E-state index contributed by atoms with van der Waals surface area (Å²) in [7, 11) is 0. The van der Waals surface area contributed by atoms with Gasteiger partial charge in [0.1, 0.15) is 0 Å². The minimum atomic E-state index is -0.327. The molecule has 0 atom stereocenters. The first-order valence-electron chi connectivity index (χ1n) is 8.20. The largest absolute Gasteiger partial charge is 0.291 e. The van der Waals surface area contributed by atoms with Crippen molar-refractivity contribution in [3.05, 3.63) is 46.2 Å². The van der Waals surface area contributed by atoms with Crippen LogP contribution in [-0.4, -0.2) is 11.2 Å². The Morgan fingerprint density at radius 3 is 2.45 bits per heavy atom. The Labute approximate surface area is 134 Å². The fourth-order valence-corrected chi connectivity index (χ4v) is 1.97. The highest BCUT2D eigenvalue weighted by molar-refractivity contribution is 5.50. The Balaban J connectivity index is 3.90. The first-order chi connectivity index (χ1) is 10.7. The molecule has 0 heterocycles. The van der Waals surface area contributed by atoms with Gasteiger partial charge in [0, 0.05) is 12.8 Å². The van der Waals surface area contributed by atoms with Crippen LogP contribution in [0.25, 0.3) is 0 Å².